The summed E-state index contributed by atoms with van der Waals surface area (Å²) >= 11 is 2.55. The molecule has 3 heterocycles. The summed E-state index contributed by atoms with van der Waals surface area (Å²) in [6, 6.07) is 11.1. The standard InChI is InChI=1S/C22H19N3O4S2/c1-3-28-22(27)18(21-23-13(2)11-30-21)16(26)12-31-20-14-7-4-5-8-15(14)24-19(25-20)17-9-6-10-29-17/h4-11,18H,3,12H2,1-2H3/t18-/m0/s1. The summed E-state index contributed by atoms with van der Waals surface area (Å²) in [5.41, 5.74) is 1.51. The van der Waals surface area contributed by atoms with Gasteiger partial charge in [0.2, 0.25) is 0 Å². The van der Waals surface area contributed by atoms with Crippen LogP contribution in [0.1, 0.15) is 23.5 Å². The van der Waals surface area contributed by atoms with Gasteiger partial charge in [-0.05, 0) is 32.0 Å². The summed E-state index contributed by atoms with van der Waals surface area (Å²) in [7, 11) is 0. The molecule has 0 N–H and O–H groups in total. The molecule has 0 bridgehead atoms. The minimum atomic E-state index is -1.04. The van der Waals surface area contributed by atoms with E-state index in [0.29, 0.717) is 21.6 Å². The van der Waals surface area contributed by atoms with Crippen molar-refractivity contribution in [2.24, 2.45) is 0 Å². The van der Waals surface area contributed by atoms with Crippen LogP contribution in [0.3, 0.4) is 0 Å². The van der Waals surface area contributed by atoms with Crippen LogP contribution in [0.5, 0.6) is 0 Å². The minimum Gasteiger partial charge on any atom is -0.465 e. The fourth-order valence-electron chi connectivity index (χ4n) is 3.00. The van der Waals surface area contributed by atoms with Gasteiger partial charge in [-0.3, -0.25) is 9.59 Å². The Labute approximate surface area is 186 Å². The molecule has 0 amide bonds. The van der Waals surface area contributed by atoms with E-state index in [1.165, 1.54) is 23.1 Å². The second-order valence-electron chi connectivity index (χ2n) is 6.61. The summed E-state index contributed by atoms with van der Waals surface area (Å²) in [4.78, 5) is 39.1. The number of carbonyl (C=O) groups is 2. The molecule has 0 fully saturated rings. The fraction of sp³-hybridized carbons (Fsp3) is 0.227. The van der Waals surface area contributed by atoms with Crippen molar-refractivity contribution < 1.29 is 18.7 Å². The lowest BCUT2D eigenvalue weighted by atomic mass is 10.1. The third-order valence-corrected chi connectivity index (χ3v) is 6.43. The third kappa shape index (κ3) is 4.67. The number of rotatable bonds is 8. The number of ether oxygens (including phenoxy) is 1. The highest BCUT2D eigenvalue weighted by Gasteiger charge is 2.32. The molecule has 4 rings (SSSR count). The molecule has 7 nitrogen and oxygen atoms in total. The molecule has 31 heavy (non-hydrogen) atoms. The van der Waals surface area contributed by atoms with E-state index in [-0.39, 0.29) is 18.1 Å². The Morgan fingerprint density at radius 3 is 2.71 bits per heavy atom. The smallest absolute Gasteiger partial charge is 0.323 e. The SMILES string of the molecule is CCOC(=O)[C@@H](C(=O)CSc1nc(-c2ccco2)nc2ccccc12)c1nc(C)cs1. The van der Waals surface area contributed by atoms with Crippen LogP contribution >= 0.6 is 23.1 Å². The molecule has 0 unspecified atom stereocenters. The average Bonchev–Trinajstić information content (AvgIpc) is 3.44. The van der Waals surface area contributed by atoms with E-state index in [1.807, 2.05) is 36.6 Å². The van der Waals surface area contributed by atoms with E-state index >= 15 is 0 Å². The van der Waals surface area contributed by atoms with Gasteiger partial charge < -0.3 is 9.15 Å². The summed E-state index contributed by atoms with van der Waals surface area (Å²) in [5, 5.41) is 3.73. The number of carbonyl (C=O) groups excluding carboxylic acids is 2. The van der Waals surface area contributed by atoms with Crippen LogP contribution in [0.15, 0.2) is 57.5 Å². The van der Waals surface area contributed by atoms with Crippen LogP contribution in [-0.4, -0.2) is 39.1 Å². The van der Waals surface area contributed by atoms with Gasteiger partial charge in [0.25, 0.3) is 0 Å². The number of fused-ring (bicyclic) bond motifs is 1. The molecule has 158 valence electrons. The van der Waals surface area contributed by atoms with Crippen LogP contribution < -0.4 is 0 Å². The zero-order valence-corrected chi connectivity index (χ0v) is 18.5. The molecule has 0 saturated carbocycles. The molecule has 4 aromatic rings. The number of aromatic nitrogens is 3. The molecule has 0 aliphatic carbocycles. The van der Waals surface area contributed by atoms with Crippen LogP contribution in [0.25, 0.3) is 22.5 Å². The van der Waals surface area contributed by atoms with Gasteiger partial charge >= 0.3 is 5.97 Å². The maximum atomic E-state index is 13.1. The Kier molecular flexibility index (Phi) is 6.43. The van der Waals surface area contributed by atoms with Gasteiger partial charge in [-0.2, -0.15) is 0 Å². The molecular formula is C22H19N3O4S2. The molecule has 0 aliphatic rings. The Hall–Kier alpha value is -3.04. The number of thiazole rings is 1. The van der Waals surface area contributed by atoms with Crippen molar-refractivity contribution in [1.82, 2.24) is 15.0 Å². The minimum absolute atomic E-state index is 0.0424. The normalized spacial score (nSPS) is 12.1. The van der Waals surface area contributed by atoms with Crippen molar-refractivity contribution in [3.8, 4) is 11.6 Å². The van der Waals surface area contributed by atoms with Gasteiger partial charge in [0.05, 0.1) is 24.1 Å². The van der Waals surface area contributed by atoms with E-state index < -0.39 is 11.9 Å². The van der Waals surface area contributed by atoms with Crippen molar-refractivity contribution in [2.45, 2.75) is 24.8 Å². The molecule has 3 aromatic heterocycles. The number of para-hydroxylation sites is 1. The zero-order valence-electron chi connectivity index (χ0n) is 16.9. The Morgan fingerprint density at radius 1 is 1.16 bits per heavy atom. The Bertz CT molecular complexity index is 1220. The predicted octanol–water partition coefficient (Wildman–Crippen LogP) is 4.66. The summed E-state index contributed by atoms with van der Waals surface area (Å²) in [6.07, 6.45) is 1.56. The number of benzene rings is 1. The molecular weight excluding hydrogens is 434 g/mol. The van der Waals surface area contributed by atoms with Crippen LogP contribution in [0, 0.1) is 6.92 Å². The molecule has 1 atom stereocenters. The third-order valence-electron chi connectivity index (χ3n) is 4.39. The van der Waals surface area contributed by atoms with E-state index in [2.05, 4.69) is 15.0 Å². The number of furan rings is 1. The van der Waals surface area contributed by atoms with Gasteiger partial charge in [-0.1, -0.05) is 30.0 Å². The Balaban J connectivity index is 1.62. The highest BCUT2D eigenvalue weighted by molar-refractivity contribution is 8.00. The topological polar surface area (TPSA) is 95.2 Å². The predicted molar refractivity (Wildman–Crippen MR) is 119 cm³/mol. The fourth-order valence-corrected chi connectivity index (χ4v) is 4.83. The van der Waals surface area contributed by atoms with Crippen LogP contribution in [-0.2, 0) is 14.3 Å². The van der Waals surface area contributed by atoms with Crippen molar-refractivity contribution in [2.75, 3.05) is 12.4 Å². The lowest BCUT2D eigenvalue weighted by Crippen LogP contribution is -2.25. The average molecular weight is 454 g/mol. The summed E-state index contributed by atoms with van der Waals surface area (Å²) < 4.78 is 10.6. The monoisotopic (exact) mass is 453 g/mol. The largest absolute Gasteiger partial charge is 0.465 e. The highest BCUT2D eigenvalue weighted by Crippen LogP contribution is 2.31. The number of esters is 1. The lowest BCUT2D eigenvalue weighted by Gasteiger charge is -2.12. The maximum Gasteiger partial charge on any atom is 0.323 e. The molecule has 9 heteroatoms. The molecule has 0 radical (unpaired) electrons. The summed E-state index contributed by atoms with van der Waals surface area (Å²) in [5.74, 6) is -0.867. The molecule has 0 saturated heterocycles. The number of Topliss-reactive ketones (excluding diaryl/α,β-unsaturated/α-hetero) is 1. The van der Waals surface area contributed by atoms with Crippen molar-refractivity contribution in [3.05, 3.63) is 58.7 Å². The first kappa shape index (κ1) is 21.2. The summed E-state index contributed by atoms with van der Waals surface area (Å²) in [6.45, 7) is 3.73. The number of ketones is 1. The van der Waals surface area contributed by atoms with Crippen molar-refractivity contribution in [1.29, 1.82) is 0 Å². The molecule has 0 aliphatic heterocycles. The molecule has 1 aromatic carbocycles. The van der Waals surface area contributed by atoms with Crippen LogP contribution in [0.2, 0.25) is 0 Å². The number of thioether (sulfide) groups is 1. The van der Waals surface area contributed by atoms with Gasteiger partial charge in [0.15, 0.2) is 23.3 Å². The van der Waals surface area contributed by atoms with Gasteiger partial charge in [-0.15, -0.1) is 11.3 Å². The van der Waals surface area contributed by atoms with Crippen LogP contribution in [0.4, 0.5) is 0 Å². The molecule has 0 spiro atoms. The van der Waals surface area contributed by atoms with E-state index in [1.54, 1.807) is 25.3 Å². The highest BCUT2D eigenvalue weighted by atomic mass is 32.2. The van der Waals surface area contributed by atoms with E-state index in [4.69, 9.17) is 9.15 Å². The first-order valence-corrected chi connectivity index (χ1v) is 11.5. The first-order chi connectivity index (χ1) is 15.1. The van der Waals surface area contributed by atoms with Gasteiger partial charge in [0, 0.05) is 16.5 Å². The quantitative estimate of drug-likeness (QED) is 0.164. The maximum absolute atomic E-state index is 13.1. The first-order valence-electron chi connectivity index (χ1n) is 9.61. The number of hydrogen-bond acceptors (Lipinski definition) is 9. The Morgan fingerprint density at radius 2 is 2.00 bits per heavy atom. The lowest BCUT2D eigenvalue weighted by molar-refractivity contribution is -0.147. The number of aryl methyl sites for hydroxylation is 1. The van der Waals surface area contributed by atoms with Gasteiger partial charge in [-0.25, -0.2) is 15.0 Å². The zero-order chi connectivity index (χ0) is 21.8. The van der Waals surface area contributed by atoms with Gasteiger partial charge in [0.1, 0.15) is 10.0 Å². The second kappa shape index (κ2) is 9.40. The number of nitrogens with zero attached hydrogens (tertiary/aromatic N) is 3. The van der Waals surface area contributed by atoms with Crippen molar-refractivity contribution in [3.63, 3.8) is 0 Å². The van der Waals surface area contributed by atoms with E-state index in [0.717, 1.165) is 16.6 Å². The van der Waals surface area contributed by atoms with E-state index in [9.17, 15) is 9.59 Å². The van der Waals surface area contributed by atoms with Crippen molar-refractivity contribution >= 4 is 45.8 Å². The second-order valence-corrected chi connectivity index (χ2v) is 8.47. The number of hydrogen-bond donors (Lipinski definition) is 0.